The maximum atomic E-state index is 2.60. The molecule has 0 bridgehead atoms. The fourth-order valence-electron chi connectivity index (χ4n) is 11.4. The quantitative estimate of drug-likeness (QED) is 0.148. The van der Waals surface area contributed by atoms with Crippen LogP contribution >= 0.6 is 0 Å². The van der Waals surface area contributed by atoms with E-state index in [4.69, 9.17) is 0 Å². The maximum Gasteiger partial charge on any atom is 0.242 e. The Labute approximate surface area is 317 Å². The van der Waals surface area contributed by atoms with Gasteiger partial charge in [0.1, 0.15) is 0 Å². The van der Waals surface area contributed by atoms with E-state index in [0.717, 1.165) is 25.7 Å². The van der Waals surface area contributed by atoms with Crippen LogP contribution in [0.5, 0.6) is 0 Å². The standard InChI is InChI=1S/C52H34B2/c1-7-21-47-31(11-1)23-33-13-9-15-35-25-37-27-43-40-18-4-6-20-42(40)46-30-50-38(26-36-16-10-14-34-24-32-12-2-8-22-48(32)54(50)52(34)36)28-44(46)39-17-3-5-19-41(39)45(43)29-49(37)53(47)51(33)35/h1-22,27-30H,23-26H2. The fourth-order valence-corrected chi connectivity index (χ4v) is 11.4. The van der Waals surface area contributed by atoms with Crippen molar-refractivity contribution in [1.82, 2.24) is 0 Å². The van der Waals surface area contributed by atoms with E-state index in [0.29, 0.717) is 0 Å². The number of hydrogen-bond acceptors (Lipinski definition) is 0. The highest BCUT2D eigenvalue weighted by molar-refractivity contribution is 6.98. The van der Waals surface area contributed by atoms with Crippen LogP contribution in [0, 0.1) is 0 Å². The van der Waals surface area contributed by atoms with Crippen LogP contribution in [0.4, 0.5) is 0 Å². The van der Waals surface area contributed by atoms with E-state index >= 15 is 0 Å². The largest absolute Gasteiger partial charge is 0.242 e. The summed E-state index contributed by atoms with van der Waals surface area (Å²) in [5, 5.41) is 0. The zero-order chi connectivity index (χ0) is 35.1. The lowest BCUT2D eigenvalue weighted by molar-refractivity contribution is 1.15. The molecule has 0 saturated carbocycles. The summed E-state index contributed by atoms with van der Waals surface area (Å²) in [6.45, 7) is 0.511. The van der Waals surface area contributed by atoms with E-state index in [-0.39, 0.29) is 13.4 Å². The monoisotopic (exact) mass is 680 g/mol. The van der Waals surface area contributed by atoms with Gasteiger partial charge in [-0.3, -0.25) is 0 Å². The third-order valence-electron chi connectivity index (χ3n) is 13.6. The topological polar surface area (TPSA) is 0 Å². The van der Waals surface area contributed by atoms with Crippen LogP contribution in [0.25, 0.3) is 44.5 Å². The number of rotatable bonds is 0. The molecule has 54 heavy (non-hydrogen) atoms. The lowest BCUT2D eigenvalue weighted by atomic mass is 9.30. The molecule has 0 amide bonds. The first-order valence-corrected chi connectivity index (χ1v) is 19.7. The van der Waals surface area contributed by atoms with Crippen molar-refractivity contribution in [3.63, 3.8) is 0 Å². The Bertz CT molecular complexity index is 2760. The summed E-state index contributed by atoms with van der Waals surface area (Å²) < 4.78 is 0. The van der Waals surface area contributed by atoms with E-state index in [1.807, 2.05) is 0 Å². The average molecular weight is 680 g/mol. The first-order chi connectivity index (χ1) is 26.8. The van der Waals surface area contributed by atoms with Crippen molar-refractivity contribution in [2.75, 3.05) is 0 Å². The molecule has 0 N–H and O–H groups in total. The summed E-state index contributed by atoms with van der Waals surface area (Å²) in [7, 11) is 0. The van der Waals surface area contributed by atoms with Crippen molar-refractivity contribution >= 4 is 46.2 Å². The molecule has 1 aliphatic carbocycles. The molecule has 248 valence electrons. The number of hydrogen-bond donors (Lipinski definition) is 0. The minimum atomic E-state index is 0.255. The summed E-state index contributed by atoms with van der Waals surface area (Å²) in [6, 6.07) is 61.3. The van der Waals surface area contributed by atoms with Crippen molar-refractivity contribution in [3.05, 3.63) is 202 Å². The molecule has 4 heterocycles. The SMILES string of the molecule is c1ccc2c(c1)Cc1cccc3c1B2c1cc2c(cc1C3)-c1ccccc1-c1cc3c(cc1-c1ccccc1-2)Cc1cccc2c1B3c1ccccc1C2. The van der Waals surface area contributed by atoms with Gasteiger partial charge in [0.2, 0.25) is 13.4 Å². The van der Waals surface area contributed by atoms with Gasteiger partial charge in [-0.1, -0.05) is 191 Å². The van der Waals surface area contributed by atoms with Crippen molar-refractivity contribution in [2.24, 2.45) is 0 Å². The lowest BCUT2D eigenvalue weighted by Crippen LogP contribution is -2.61. The normalized spacial score (nSPS) is 14.3. The summed E-state index contributed by atoms with van der Waals surface area (Å²) >= 11 is 0. The van der Waals surface area contributed by atoms with E-state index in [2.05, 4.69) is 158 Å². The van der Waals surface area contributed by atoms with Crippen molar-refractivity contribution < 1.29 is 0 Å². The predicted molar refractivity (Wildman–Crippen MR) is 228 cm³/mol. The van der Waals surface area contributed by atoms with Crippen LogP contribution in [0.2, 0.25) is 0 Å². The van der Waals surface area contributed by atoms with E-state index < -0.39 is 0 Å². The Morgan fingerprint density at radius 2 is 0.556 bits per heavy atom. The van der Waals surface area contributed by atoms with Crippen molar-refractivity contribution in [3.8, 4) is 44.5 Å². The molecular formula is C52H34B2. The summed E-state index contributed by atoms with van der Waals surface area (Å²) in [5.41, 5.74) is 31.5. The van der Waals surface area contributed by atoms with E-state index in [1.165, 1.54) is 111 Å². The minimum Gasteiger partial charge on any atom is -0.0667 e. The van der Waals surface area contributed by atoms with Gasteiger partial charge in [-0.25, -0.2) is 0 Å². The molecule has 13 rings (SSSR count). The van der Waals surface area contributed by atoms with Crippen molar-refractivity contribution in [1.29, 1.82) is 0 Å². The Hall–Kier alpha value is -6.11. The van der Waals surface area contributed by atoms with Crippen molar-refractivity contribution in [2.45, 2.75) is 25.7 Å². The maximum absolute atomic E-state index is 2.60. The van der Waals surface area contributed by atoms with Gasteiger partial charge in [0, 0.05) is 0 Å². The third kappa shape index (κ3) is 3.90. The molecule has 0 unspecified atom stereocenters. The molecule has 8 aromatic rings. The van der Waals surface area contributed by atoms with Gasteiger partial charge in [0.15, 0.2) is 0 Å². The second kappa shape index (κ2) is 10.7. The van der Waals surface area contributed by atoms with Crippen LogP contribution in [0.1, 0.15) is 44.5 Å². The van der Waals surface area contributed by atoms with Crippen LogP contribution in [0.15, 0.2) is 158 Å². The molecule has 0 aromatic heterocycles. The molecule has 0 nitrogen and oxygen atoms in total. The Balaban J connectivity index is 1.09. The first-order valence-electron chi connectivity index (χ1n) is 19.7. The molecule has 5 aliphatic rings. The van der Waals surface area contributed by atoms with Gasteiger partial charge in [-0.05, 0) is 115 Å². The zero-order valence-electron chi connectivity index (χ0n) is 30.0. The van der Waals surface area contributed by atoms with E-state index in [9.17, 15) is 0 Å². The number of benzene rings is 8. The third-order valence-corrected chi connectivity index (χ3v) is 13.6. The molecule has 0 saturated heterocycles. The fraction of sp³-hybridized carbons (Fsp3) is 0.0769. The van der Waals surface area contributed by atoms with E-state index in [1.54, 1.807) is 10.9 Å². The molecule has 0 spiro atoms. The highest BCUT2D eigenvalue weighted by Crippen LogP contribution is 2.48. The van der Waals surface area contributed by atoms with Gasteiger partial charge in [-0.15, -0.1) is 0 Å². The lowest BCUT2D eigenvalue weighted by Gasteiger charge is -2.36. The zero-order valence-corrected chi connectivity index (χ0v) is 30.0. The summed E-state index contributed by atoms with van der Waals surface area (Å²) in [4.78, 5) is 0. The van der Waals surface area contributed by atoms with Gasteiger partial charge in [-0.2, -0.15) is 0 Å². The second-order valence-corrected chi connectivity index (χ2v) is 16.2. The molecule has 4 aliphatic heterocycles. The smallest absolute Gasteiger partial charge is 0.0667 e. The molecule has 0 atom stereocenters. The summed E-state index contributed by atoms with van der Waals surface area (Å²) in [6.07, 6.45) is 3.99. The molecule has 0 fully saturated rings. The van der Waals surface area contributed by atoms with Crippen LogP contribution in [-0.2, 0) is 25.7 Å². The Morgan fingerprint density at radius 1 is 0.241 bits per heavy atom. The average Bonchev–Trinajstić information content (AvgIpc) is 3.22. The van der Waals surface area contributed by atoms with Crippen LogP contribution in [0.3, 0.4) is 0 Å². The highest BCUT2D eigenvalue weighted by Gasteiger charge is 2.40. The Kier molecular flexibility index (Phi) is 5.84. The number of fused-ring (bicyclic) bond motifs is 16. The molecular weight excluding hydrogens is 646 g/mol. The molecule has 2 heteroatoms. The molecule has 0 radical (unpaired) electrons. The predicted octanol–water partition coefficient (Wildman–Crippen LogP) is 7.32. The minimum absolute atomic E-state index is 0.255. The second-order valence-electron chi connectivity index (χ2n) is 16.2. The highest BCUT2D eigenvalue weighted by atomic mass is 14.3. The van der Waals surface area contributed by atoms with Gasteiger partial charge in [0.05, 0.1) is 0 Å². The van der Waals surface area contributed by atoms with Gasteiger partial charge in [0.25, 0.3) is 0 Å². The van der Waals surface area contributed by atoms with Crippen LogP contribution in [-0.4, -0.2) is 13.4 Å². The van der Waals surface area contributed by atoms with Crippen LogP contribution < -0.4 is 32.8 Å². The summed E-state index contributed by atoms with van der Waals surface area (Å²) in [5.74, 6) is 0. The van der Waals surface area contributed by atoms with Gasteiger partial charge < -0.3 is 0 Å². The molecule has 8 aromatic carbocycles. The first kappa shape index (κ1) is 29.4. The van der Waals surface area contributed by atoms with Gasteiger partial charge >= 0.3 is 0 Å². The Morgan fingerprint density at radius 3 is 0.963 bits per heavy atom.